The Balaban J connectivity index is 1.78. The normalized spacial score (nSPS) is 15.2. The largest absolute Gasteiger partial charge is 0.387 e. The smallest absolute Gasteiger partial charge is 0.254 e. The van der Waals surface area contributed by atoms with Gasteiger partial charge in [0.05, 0.1) is 12.6 Å². The van der Waals surface area contributed by atoms with Crippen molar-refractivity contribution >= 4 is 5.91 Å². The molecule has 0 aromatic heterocycles. The lowest BCUT2D eigenvalue weighted by Gasteiger charge is -2.26. The number of hydrogen-bond acceptors (Lipinski definition) is 2. The van der Waals surface area contributed by atoms with Crippen molar-refractivity contribution in [1.29, 1.82) is 0 Å². The Morgan fingerprint density at radius 1 is 1.21 bits per heavy atom. The number of aliphatic hydroxyl groups is 1. The van der Waals surface area contributed by atoms with Crippen LogP contribution in [-0.4, -0.2) is 28.5 Å². The highest BCUT2D eigenvalue weighted by atomic mass is 19.1. The third kappa shape index (κ3) is 3.62. The zero-order valence-electron chi connectivity index (χ0n) is 13.4. The summed E-state index contributed by atoms with van der Waals surface area (Å²) in [5, 5.41) is 10.4. The Bertz CT molecular complexity index is 742. The maximum Gasteiger partial charge on any atom is 0.254 e. The summed E-state index contributed by atoms with van der Waals surface area (Å²) in [6.07, 6.45) is 0.890. The molecule has 3 rings (SSSR count). The second-order valence-corrected chi connectivity index (χ2v) is 6.22. The van der Waals surface area contributed by atoms with Crippen LogP contribution in [0.4, 0.5) is 8.78 Å². The molecule has 1 unspecified atom stereocenters. The number of aliphatic hydroxyl groups excluding tert-OH is 1. The van der Waals surface area contributed by atoms with E-state index >= 15 is 0 Å². The molecule has 1 saturated carbocycles. The van der Waals surface area contributed by atoms with Crippen LogP contribution in [0.1, 0.15) is 40.4 Å². The molecule has 5 heteroatoms. The molecule has 0 aliphatic heterocycles. The van der Waals surface area contributed by atoms with Crippen molar-refractivity contribution in [3.63, 3.8) is 0 Å². The first-order chi connectivity index (χ1) is 11.5. The van der Waals surface area contributed by atoms with Crippen LogP contribution < -0.4 is 0 Å². The fraction of sp³-hybridized carbons (Fsp3) is 0.316. The van der Waals surface area contributed by atoms with Gasteiger partial charge in [0.25, 0.3) is 5.91 Å². The molecule has 3 nitrogen and oxygen atoms in total. The van der Waals surface area contributed by atoms with Crippen LogP contribution in [0.15, 0.2) is 42.5 Å². The van der Waals surface area contributed by atoms with Gasteiger partial charge < -0.3 is 10.0 Å². The highest BCUT2D eigenvalue weighted by Gasteiger charge is 2.34. The lowest BCUT2D eigenvalue weighted by atomic mass is 10.1. The van der Waals surface area contributed by atoms with Crippen LogP contribution in [0.3, 0.4) is 0 Å². The molecule has 2 aromatic rings. The van der Waals surface area contributed by atoms with Gasteiger partial charge in [-0.05, 0) is 61.2 Å². The maximum atomic E-state index is 13.4. The Labute approximate surface area is 139 Å². The van der Waals surface area contributed by atoms with Gasteiger partial charge in [-0.25, -0.2) is 8.78 Å². The van der Waals surface area contributed by atoms with E-state index in [9.17, 15) is 18.7 Å². The second kappa shape index (κ2) is 6.69. The minimum Gasteiger partial charge on any atom is -0.387 e. The van der Waals surface area contributed by atoms with Gasteiger partial charge in [0.15, 0.2) is 0 Å². The Morgan fingerprint density at radius 2 is 1.88 bits per heavy atom. The molecule has 0 heterocycles. The first-order valence-electron chi connectivity index (χ1n) is 7.96. The molecular formula is C19H19F2NO2. The van der Waals surface area contributed by atoms with Crippen molar-refractivity contribution in [2.75, 3.05) is 6.54 Å². The van der Waals surface area contributed by atoms with Crippen molar-refractivity contribution < 1.29 is 18.7 Å². The molecule has 1 aliphatic rings. The van der Waals surface area contributed by atoms with Crippen molar-refractivity contribution in [3.05, 3.63) is 70.8 Å². The van der Waals surface area contributed by atoms with E-state index in [0.717, 1.165) is 12.8 Å². The second-order valence-electron chi connectivity index (χ2n) is 6.22. The van der Waals surface area contributed by atoms with E-state index in [-0.39, 0.29) is 30.1 Å². The topological polar surface area (TPSA) is 40.5 Å². The van der Waals surface area contributed by atoms with Gasteiger partial charge in [-0.2, -0.15) is 0 Å². The number of rotatable bonds is 5. The molecule has 1 aliphatic carbocycles. The van der Waals surface area contributed by atoms with E-state index in [1.807, 2.05) is 0 Å². The number of carbonyl (C=O) groups excluding carboxylic acids is 1. The highest BCUT2D eigenvalue weighted by Crippen LogP contribution is 2.30. The van der Waals surface area contributed by atoms with Gasteiger partial charge in [0, 0.05) is 11.6 Å². The number of hydrogen-bond donors (Lipinski definition) is 1. The van der Waals surface area contributed by atoms with Gasteiger partial charge in [-0.1, -0.05) is 12.1 Å². The van der Waals surface area contributed by atoms with E-state index < -0.39 is 6.10 Å². The molecule has 24 heavy (non-hydrogen) atoms. The van der Waals surface area contributed by atoms with Crippen molar-refractivity contribution in [1.82, 2.24) is 4.90 Å². The predicted molar refractivity (Wildman–Crippen MR) is 86.6 cm³/mol. The lowest BCUT2D eigenvalue weighted by Crippen LogP contribution is -2.36. The monoisotopic (exact) mass is 331 g/mol. The summed E-state index contributed by atoms with van der Waals surface area (Å²) >= 11 is 0. The third-order valence-electron chi connectivity index (χ3n) is 4.28. The molecule has 0 radical (unpaired) electrons. The summed E-state index contributed by atoms with van der Waals surface area (Å²) < 4.78 is 26.4. The molecule has 2 aromatic carbocycles. The van der Waals surface area contributed by atoms with Crippen LogP contribution in [0.5, 0.6) is 0 Å². The van der Waals surface area contributed by atoms with Crippen LogP contribution in [-0.2, 0) is 0 Å². The quantitative estimate of drug-likeness (QED) is 0.909. The van der Waals surface area contributed by atoms with Crippen molar-refractivity contribution in [2.24, 2.45) is 0 Å². The molecule has 126 valence electrons. The summed E-state index contributed by atoms with van der Waals surface area (Å²) in [4.78, 5) is 14.4. The molecule has 1 atom stereocenters. The predicted octanol–water partition coefficient (Wildman–Crippen LogP) is 3.61. The third-order valence-corrected chi connectivity index (χ3v) is 4.28. The standard InChI is InChI=1S/C19H19F2NO2/c1-12-10-14(4-9-17(12)21)19(24)22(16-7-8-16)11-18(23)13-2-5-15(20)6-3-13/h2-6,9-10,16,18,23H,7-8,11H2,1H3. The van der Waals surface area contributed by atoms with E-state index in [4.69, 9.17) is 0 Å². The average molecular weight is 331 g/mol. The molecule has 1 N–H and O–H groups in total. The molecule has 1 fully saturated rings. The molecular weight excluding hydrogens is 312 g/mol. The van der Waals surface area contributed by atoms with Gasteiger partial charge in [-0.3, -0.25) is 4.79 Å². The van der Waals surface area contributed by atoms with E-state index in [2.05, 4.69) is 0 Å². The zero-order valence-corrected chi connectivity index (χ0v) is 13.4. The Morgan fingerprint density at radius 3 is 2.46 bits per heavy atom. The Kier molecular flexibility index (Phi) is 4.62. The minimum atomic E-state index is -0.892. The number of halogens is 2. The summed E-state index contributed by atoms with van der Waals surface area (Å²) in [5.41, 5.74) is 1.38. The first kappa shape index (κ1) is 16.6. The van der Waals surface area contributed by atoms with Crippen molar-refractivity contribution in [3.8, 4) is 0 Å². The van der Waals surface area contributed by atoms with Crippen LogP contribution in [0.25, 0.3) is 0 Å². The van der Waals surface area contributed by atoms with Crippen LogP contribution >= 0.6 is 0 Å². The van der Waals surface area contributed by atoms with E-state index in [0.29, 0.717) is 16.7 Å². The number of aryl methyl sites for hydroxylation is 1. The minimum absolute atomic E-state index is 0.0953. The number of benzene rings is 2. The zero-order chi connectivity index (χ0) is 17.3. The highest BCUT2D eigenvalue weighted by molar-refractivity contribution is 5.94. The summed E-state index contributed by atoms with van der Waals surface area (Å²) in [6, 6.07) is 9.95. The SMILES string of the molecule is Cc1cc(C(=O)N(CC(O)c2ccc(F)cc2)C2CC2)ccc1F. The number of amides is 1. The van der Waals surface area contributed by atoms with E-state index in [1.165, 1.54) is 42.5 Å². The fourth-order valence-corrected chi connectivity index (χ4v) is 2.70. The van der Waals surface area contributed by atoms with Gasteiger partial charge in [0.2, 0.25) is 0 Å². The Hall–Kier alpha value is -2.27. The van der Waals surface area contributed by atoms with Gasteiger partial charge in [0.1, 0.15) is 11.6 Å². The van der Waals surface area contributed by atoms with Gasteiger partial charge in [-0.15, -0.1) is 0 Å². The lowest BCUT2D eigenvalue weighted by molar-refractivity contribution is 0.0603. The summed E-state index contributed by atoms with van der Waals surface area (Å²) in [5.74, 6) is -0.944. The number of nitrogens with zero attached hydrogens (tertiary/aromatic N) is 1. The van der Waals surface area contributed by atoms with Crippen LogP contribution in [0, 0.1) is 18.6 Å². The fourth-order valence-electron chi connectivity index (χ4n) is 2.70. The van der Waals surface area contributed by atoms with Gasteiger partial charge >= 0.3 is 0 Å². The molecule has 0 bridgehead atoms. The van der Waals surface area contributed by atoms with Crippen LogP contribution in [0.2, 0.25) is 0 Å². The molecule has 1 amide bonds. The summed E-state index contributed by atoms with van der Waals surface area (Å²) in [6.45, 7) is 1.74. The molecule has 0 saturated heterocycles. The molecule has 0 spiro atoms. The summed E-state index contributed by atoms with van der Waals surface area (Å²) in [7, 11) is 0. The van der Waals surface area contributed by atoms with Crippen molar-refractivity contribution in [2.45, 2.75) is 31.9 Å². The number of carbonyl (C=O) groups is 1. The average Bonchev–Trinajstić information content (AvgIpc) is 3.40. The maximum absolute atomic E-state index is 13.4. The van der Waals surface area contributed by atoms with E-state index in [1.54, 1.807) is 11.8 Å². The first-order valence-corrected chi connectivity index (χ1v) is 7.96.